The Morgan fingerprint density at radius 2 is 1.42 bits per heavy atom. The summed E-state index contributed by atoms with van der Waals surface area (Å²) in [5.74, 6) is 0.573. The molecule has 8 heteroatoms. The van der Waals surface area contributed by atoms with Crippen molar-refractivity contribution in [2.24, 2.45) is 0 Å². The molecule has 1 amide bonds. The zero-order valence-corrected chi connectivity index (χ0v) is 16.9. The number of piperazine rings is 1. The average Bonchev–Trinajstić information content (AvgIpc) is 3.30. The van der Waals surface area contributed by atoms with Crippen LogP contribution in [0, 0.1) is 0 Å². The van der Waals surface area contributed by atoms with Crippen molar-refractivity contribution in [2.45, 2.75) is 0 Å². The molecule has 2 aromatic heterocycles. The molecule has 0 spiro atoms. The molecule has 8 nitrogen and oxygen atoms in total. The Hall–Kier alpha value is -4.07. The van der Waals surface area contributed by atoms with Crippen LogP contribution >= 0.6 is 0 Å². The lowest BCUT2D eigenvalue weighted by Gasteiger charge is -2.34. The van der Waals surface area contributed by atoms with Gasteiger partial charge in [0, 0.05) is 44.1 Å². The van der Waals surface area contributed by atoms with Crippen molar-refractivity contribution in [3.05, 3.63) is 84.8 Å². The maximum absolute atomic E-state index is 13.4. The minimum Gasteiger partial charge on any atom is -0.337 e. The normalized spacial score (nSPS) is 13.9. The predicted molar refractivity (Wildman–Crippen MR) is 117 cm³/mol. The lowest BCUT2D eigenvalue weighted by Crippen LogP contribution is -2.49. The van der Waals surface area contributed by atoms with Crippen LogP contribution in [0.4, 0.5) is 5.95 Å². The van der Waals surface area contributed by atoms with Crippen LogP contribution in [0.15, 0.2) is 79.1 Å². The van der Waals surface area contributed by atoms with Crippen LogP contribution in [0.1, 0.15) is 10.5 Å². The first-order valence-electron chi connectivity index (χ1n) is 10.2. The Morgan fingerprint density at radius 3 is 2.10 bits per heavy atom. The van der Waals surface area contributed by atoms with Gasteiger partial charge in [0.05, 0.1) is 5.69 Å². The third-order valence-electron chi connectivity index (χ3n) is 5.32. The zero-order chi connectivity index (χ0) is 21.0. The van der Waals surface area contributed by atoms with Gasteiger partial charge in [-0.3, -0.25) is 4.79 Å². The van der Waals surface area contributed by atoms with Gasteiger partial charge in [-0.2, -0.15) is 0 Å². The molecule has 1 saturated heterocycles. The van der Waals surface area contributed by atoms with Crippen LogP contribution in [-0.4, -0.2) is 61.9 Å². The van der Waals surface area contributed by atoms with E-state index in [1.807, 2.05) is 65.6 Å². The molecule has 0 N–H and O–H groups in total. The largest absolute Gasteiger partial charge is 0.337 e. The Kier molecular flexibility index (Phi) is 5.10. The first-order valence-corrected chi connectivity index (χ1v) is 10.2. The van der Waals surface area contributed by atoms with E-state index in [1.54, 1.807) is 23.1 Å². The van der Waals surface area contributed by atoms with Gasteiger partial charge in [-0.25, -0.2) is 14.6 Å². The zero-order valence-electron chi connectivity index (χ0n) is 16.9. The van der Waals surface area contributed by atoms with Gasteiger partial charge in [0.2, 0.25) is 5.95 Å². The van der Waals surface area contributed by atoms with Gasteiger partial charge in [0.15, 0.2) is 5.69 Å². The SMILES string of the molecule is O=C(c1nnn(-c2ccccc2)c1-c1ccccc1)N1CCN(c2ncccn2)CC1. The molecule has 4 aromatic rings. The fourth-order valence-electron chi connectivity index (χ4n) is 3.74. The molecule has 1 aliphatic rings. The maximum Gasteiger partial charge on any atom is 0.276 e. The fourth-order valence-corrected chi connectivity index (χ4v) is 3.74. The number of aromatic nitrogens is 5. The van der Waals surface area contributed by atoms with E-state index in [-0.39, 0.29) is 5.91 Å². The molecule has 5 rings (SSSR count). The van der Waals surface area contributed by atoms with Crippen LogP contribution in [0.2, 0.25) is 0 Å². The molecular weight excluding hydrogens is 390 g/mol. The standard InChI is InChI=1S/C23H21N7O/c31-22(28-14-16-29(17-15-28)23-24-12-7-13-25-23)20-21(18-8-3-1-4-9-18)30(27-26-20)19-10-5-2-6-11-19/h1-13H,14-17H2. The predicted octanol–water partition coefficient (Wildman–Crippen LogP) is 2.69. The van der Waals surface area contributed by atoms with Crippen molar-refractivity contribution < 1.29 is 4.79 Å². The van der Waals surface area contributed by atoms with E-state index < -0.39 is 0 Å². The van der Waals surface area contributed by atoms with E-state index in [9.17, 15) is 4.79 Å². The lowest BCUT2D eigenvalue weighted by atomic mass is 10.1. The van der Waals surface area contributed by atoms with E-state index in [0.717, 1.165) is 11.3 Å². The minimum atomic E-state index is -0.116. The number of nitrogens with zero attached hydrogens (tertiary/aromatic N) is 7. The van der Waals surface area contributed by atoms with Crippen molar-refractivity contribution >= 4 is 11.9 Å². The molecule has 1 fully saturated rings. The fraction of sp³-hybridized carbons (Fsp3) is 0.174. The van der Waals surface area contributed by atoms with E-state index in [1.165, 1.54) is 0 Å². The first kappa shape index (κ1) is 18.9. The number of anilines is 1. The van der Waals surface area contributed by atoms with Gasteiger partial charge in [0.25, 0.3) is 5.91 Å². The summed E-state index contributed by atoms with van der Waals surface area (Å²) < 4.78 is 1.73. The Labute approximate surface area is 179 Å². The highest BCUT2D eigenvalue weighted by molar-refractivity contribution is 5.98. The van der Waals surface area contributed by atoms with Crippen molar-refractivity contribution in [2.75, 3.05) is 31.1 Å². The van der Waals surface area contributed by atoms with Gasteiger partial charge in [-0.05, 0) is 18.2 Å². The molecule has 31 heavy (non-hydrogen) atoms. The number of hydrogen-bond acceptors (Lipinski definition) is 6. The number of hydrogen-bond donors (Lipinski definition) is 0. The third-order valence-corrected chi connectivity index (χ3v) is 5.32. The van der Waals surface area contributed by atoms with Crippen LogP contribution in [0.3, 0.4) is 0 Å². The number of carbonyl (C=O) groups is 1. The van der Waals surface area contributed by atoms with Gasteiger partial charge in [0.1, 0.15) is 5.69 Å². The van der Waals surface area contributed by atoms with Crippen LogP contribution < -0.4 is 4.90 Å². The summed E-state index contributed by atoms with van der Waals surface area (Å²) in [5.41, 5.74) is 2.82. The molecule has 0 radical (unpaired) electrons. The topological polar surface area (TPSA) is 80.0 Å². The van der Waals surface area contributed by atoms with Crippen LogP contribution in [0.25, 0.3) is 16.9 Å². The van der Waals surface area contributed by atoms with Gasteiger partial charge < -0.3 is 9.80 Å². The van der Waals surface area contributed by atoms with Crippen molar-refractivity contribution in [1.82, 2.24) is 29.9 Å². The highest BCUT2D eigenvalue weighted by Crippen LogP contribution is 2.26. The van der Waals surface area contributed by atoms with E-state index >= 15 is 0 Å². The van der Waals surface area contributed by atoms with E-state index in [4.69, 9.17) is 0 Å². The van der Waals surface area contributed by atoms with Gasteiger partial charge in [-0.1, -0.05) is 53.7 Å². The molecular formula is C23H21N7O. The average molecular weight is 411 g/mol. The first-order chi connectivity index (χ1) is 15.3. The van der Waals surface area contributed by atoms with Crippen LogP contribution in [-0.2, 0) is 0 Å². The molecule has 154 valence electrons. The van der Waals surface area contributed by atoms with Crippen molar-refractivity contribution in [3.63, 3.8) is 0 Å². The van der Waals surface area contributed by atoms with Gasteiger partial charge >= 0.3 is 0 Å². The molecule has 2 aromatic carbocycles. The third kappa shape index (κ3) is 3.75. The molecule has 1 aliphatic heterocycles. The molecule has 0 saturated carbocycles. The molecule has 0 bridgehead atoms. The Balaban J connectivity index is 1.44. The minimum absolute atomic E-state index is 0.116. The van der Waals surface area contributed by atoms with Crippen molar-refractivity contribution in [3.8, 4) is 16.9 Å². The second-order valence-corrected chi connectivity index (χ2v) is 7.23. The number of para-hydroxylation sites is 1. The molecule has 0 atom stereocenters. The van der Waals surface area contributed by atoms with E-state index in [2.05, 4.69) is 25.2 Å². The number of rotatable bonds is 4. The maximum atomic E-state index is 13.4. The second-order valence-electron chi connectivity index (χ2n) is 7.23. The quantitative estimate of drug-likeness (QED) is 0.514. The van der Waals surface area contributed by atoms with E-state index in [0.29, 0.717) is 43.5 Å². The summed E-state index contributed by atoms with van der Waals surface area (Å²) in [6.45, 7) is 2.49. The lowest BCUT2D eigenvalue weighted by molar-refractivity contribution is 0.0741. The Morgan fingerprint density at radius 1 is 0.774 bits per heavy atom. The summed E-state index contributed by atoms with van der Waals surface area (Å²) in [6, 6.07) is 21.3. The Bertz CT molecular complexity index is 1150. The second kappa shape index (κ2) is 8.35. The highest BCUT2D eigenvalue weighted by Gasteiger charge is 2.29. The number of benzene rings is 2. The summed E-state index contributed by atoms with van der Waals surface area (Å²) in [7, 11) is 0. The summed E-state index contributed by atoms with van der Waals surface area (Å²) in [5, 5.41) is 8.63. The summed E-state index contributed by atoms with van der Waals surface area (Å²) in [6.07, 6.45) is 3.46. The smallest absolute Gasteiger partial charge is 0.276 e. The molecule has 0 unspecified atom stereocenters. The summed E-state index contributed by atoms with van der Waals surface area (Å²) >= 11 is 0. The molecule has 3 heterocycles. The van der Waals surface area contributed by atoms with Gasteiger partial charge in [-0.15, -0.1) is 5.10 Å². The number of carbonyl (C=O) groups excluding carboxylic acids is 1. The highest BCUT2D eigenvalue weighted by atomic mass is 16.2. The molecule has 0 aliphatic carbocycles. The van der Waals surface area contributed by atoms with Crippen molar-refractivity contribution in [1.29, 1.82) is 0 Å². The monoisotopic (exact) mass is 411 g/mol. The van der Waals surface area contributed by atoms with Crippen LogP contribution in [0.5, 0.6) is 0 Å². The number of amides is 1. The summed E-state index contributed by atoms with van der Waals surface area (Å²) in [4.78, 5) is 26.0.